The summed E-state index contributed by atoms with van der Waals surface area (Å²) in [7, 11) is 0. The summed E-state index contributed by atoms with van der Waals surface area (Å²) < 4.78 is 0. The molecular formula is C17H25N3O2. The molecule has 0 radical (unpaired) electrons. The Kier molecular flexibility index (Phi) is 4.64. The van der Waals surface area contributed by atoms with Crippen molar-refractivity contribution in [1.29, 1.82) is 0 Å². The zero-order valence-electron chi connectivity index (χ0n) is 13.2. The third-order valence-electron chi connectivity index (χ3n) is 4.82. The van der Waals surface area contributed by atoms with Crippen molar-refractivity contribution in [2.24, 2.45) is 0 Å². The Morgan fingerprint density at radius 1 is 1.32 bits per heavy atom. The zero-order chi connectivity index (χ0) is 15.5. The van der Waals surface area contributed by atoms with Gasteiger partial charge in [0.1, 0.15) is 5.75 Å². The second-order valence-electron chi connectivity index (χ2n) is 6.18. The molecule has 2 aliphatic heterocycles. The van der Waals surface area contributed by atoms with Crippen LogP contribution in [0.5, 0.6) is 5.75 Å². The number of aryl methyl sites for hydroxylation is 1. The number of nitrogens with zero attached hydrogens (tertiary/aromatic N) is 2. The summed E-state index contributed by atoms with van der Waals surface area (Å²) >= 11 is 0. The molecule has 0 spiro atoms. The average Bonchev–Trinajstić information content (AvgIpc) is 3.05. The van der Waals surface area contributed by atoms with Gasteiger partial charge in [-0.25, -0.2) is 0 Å². The number of hydrogen-bond donors (Lipinski definition) is 2. The first-order valence-electron chi connectivity index (χ1n) is 8.25. The molecule has 22 heavy (non-hydrogen) atoms. The Bertz CT molecular complexity index is 541. The first-order chi connectivity index (χ1) is 10.7. The van der Waals surface area contributed by atoms with E-state index < -0.39 is 0 Å². The van der Waals surface area contributed by atoms with Crippen molar-refractivity contribution in [3.05, 3.63) is 29.3 Å². The number of benzene rings is 1. The van der Waals surface area contributed by atoms with Crippen molar-refractivity contribution in [1.82, 2.24) is 15.1 Å². The molecular weight excluding hydrogens is 278 g/mol. The van der Waals surface area contributed by atoms with Gasteiger partial charge in [0.15, 0.2) is 0 Å². The van der Waals surface area contributed by atoms with Crippen LogP contribution in [0.4, 0.5) is 0 Å². The highest BCUT2D eigenvalue weighted by Gasteiger charge is 2.32. The van der Waals surface area contributed by atoms with Gasteiger partial charge in [0.25, 0.3) is 5.91 Å². The molecule has 1 aromatic carbocycles. The molecule has 2 fully saturated rings. The smallest absolute Gasteiger partial charge is 0.257 e. The molecule has 2 heterocycles. The van der Waals surface area contributed by atoms with Crippen LogP contribution in [0.1, 0.15) is 29.3 Å². The lowest BCUT2D eigenvalue weighted by atomic mass is 10.1. The van der Waals surface area contributed by atoms with Crippen molar-refractivity contribution in [3.8, 4) is 5.75 Å². The Hall–Kier alpha value is -1.59. The van der Waals surface area contributed by atoms with Crippen LogP contribution in [0.2, 0.25) is 0 Å². The standard InChI is InChI=1S/C17H25N3O2/c1-2-13-3-4-16(21)15(11-13)17(22)20-8-5-14(12-20)19-9-6-18-7-10-19/h3-4,11,14,18,21H,2,5-10,12H2,1H3. The Morgan fingerprint density at radius 2 is 2.09 bits per heavy atom. The number of rotatable bonds is 3. The van der Waals surface area contributed by atoms with Crippen LogP contribution < -0.4 is 5.32 Å². The van der Waals surface area contributed by atoms with Gasteiger partial charge < -0.3 is 15.3 Å². The highest BCUT2D eigenvalue weighted by molar-refractivity contribution is 5.97. The molecule has 2 saturated heterocycles. The number of amides is 1. The van der Waals surface area contributed by atoms with Crippen LogP contribution in [-0.4, -0.2) is 66.1 Å². The van der Waals surface area contributed by atoms with Gasteiger partial charge in [-0.3, -0.25) is 9.69 Å². The number of nitrogens with one attached hydrogen (secondary N) is 1. The molecule has 5 nitrogen and oxygen atoms in total. The van der Waals surface area contributed by atoms with Gasteiger partial charge in [-0.05, 0) is 30.5 Å². The first-order valence-corrected chi connectivity index (χ1v) is 8.25. The quantitative estimate of drug-likeness (QED) is 0.877. The van der Waals surface area contributed by atoms with E-state index in [1.54, 1.807) is 6.07 Å². The highest BCUT2D eigenvalue weighted by atomic mass is 16.3. The van der Waals surface area contributed by atoms with Crippen LogP contribution in [-0.2, 0) is 6.42 Å². The predicted octanol–water partition coefficient (Wildman–Crippen LogP) is 1.07. The second-order valence-corrected chi connectivity index (χ2v) is 6.18. The zero-order valence-corrected chi connectivity index (χ0v) is 13.2. The van der Waals surface area contributed by atoms with Crippen molar-refractivity contribution in [3.63, 3.8) is 0 Å². The van der Waals surface area contributed by atoms with Gasteiger partial charge in [-0.2, -0.15) is 0 Å². The fourth-order valence-corrected chi connectivity index (χ4v) is 3.42. The highest BCUT2D eigenvalue weighted by Crippen LogP contribution is 2.24. The Labute approximate surface area is 131 Å². The number of carbonyl (C=O) groups excluding carboxylic acids is 1. The summed E-state index contributed by atoms with van der Waals surface area (Å²) in [4.78, 5) is 17.1. The first kappa shape index (κ1) is 15.3. The molecule has 0 bridgehead atoms. The minimum atomic E-state index is -0.0366. The van der Waals surface area contributed by atoms with E-state index in [1.807, 2.05) is 17.0 Å². The second kappa shape index (κ2) is 6.67. The number of likely N-dealkylation sites (tertiary alicyclic amines) is 1. The van der Waals surface area contributed by atoms with E-state index >= 15 is 0 Å². The number of piperazine rings is 1. The third-order valence-corrected chi connectivity index (χ3v) is 4.82. The van der Waals surface area contributed by atoms with Crippen LogP contribution in [0, 0.1) is 0 Å². The van der Waals surface area contributed by atoms with Crippen LogP contribution in [0.25, 0.3) is 0 Å². The molecule has 1 amide bonds. The number of phenolic OH excluding ortho intramolecular Hbond substituents is 1. The summed E-state index contributed by atoms with van der Waals surface area (Å²) in [6, 6.07) is 5.80. The van der Waals surface area contributed by atoms with Gasteiger partial charge in [0, 0.05) is 45.3 Å². The van der Waals surface area contributed by atoms with E-state index in [9.17, 15) is 9.90 Å². The van der Waals surface area contributed by atoms with E-state index in [0.717, 1.165) is 57.7 Å². The van der Waals surface area contributed by atoms with E-state index in [-0.39, 0.29) is 11.7 Å². The maximum atomic E-state index is 12.7. The minimum absolute atomic E-state index is 0.0366. The molecule has 2 N–H and O–H groups in total. The normalized spacial score (nSPS) is 23.0. The number of hydrogen-bond acceptors (Lipinski definition) is 4. The lowest BCUT2D eigenvalue weighted by Gasteiger charge is -2.32. The fraction of sp³-hybridized carbons (Fsp3) is 0.588. The average molecular weight is 303 g/mol. The summed E-state index contributed by atoms with van der Waals surface area (Å²) in [5.74, 6) is 0.0539. The maximum absolute atomic E-state index is 12.7. The summed E-state index contributed by atoms with van der Waals surface area (Å²) in [5, 5.41) is 13.4. The summed E-state index contributed by atoms with van der Waals surface area (Å²) in [6.45, 7) is 7.79. The van der Waals surface area contributed by atoms with E-state index in [0.29, 0.717) is 11.6 Å². The summed E-state index contributed by atoms with van der Waals surface area (Å²) in [6.07, 6.45) is 1.89. The van der Waals surface area contributed by atoms with Crippen molar-refractivity contribution >= 4 is 5.91 Å². The lowest BCUT2D eigenvalue weighted by Crippen LogP contribution is -2.49. The van der Waals surface area contributed by atoms with Gasteiger partial charge >= 0.3 is 0 Å². The topological polar surface area (TPSA) is 55.8 Å². The van der Waals surface area contributed by atoms with Gasteiger partial charge in [-0.1, -0.05) is 13.0 Å². The van der Waals surface area contributed by atoms with Crippen LogP contribution >= 0.6 is 0 Å². The third kappa shape index (κ3) is 3.10. The van der Waals surface area contributed by atoms with Crippen molar-refractivity contribution in [2.45, 2.75) is 25.8 Å². The van der Waals surface area contributed by atoms with Crippen LogP contribution in [0.3, 0.4) is 0 Å². The van der Waals surface area contributed by atoms with Gasteiger partial charge in [0.2, 0.25) is 0 Å². The van der Waals surface area contributed by atoms with Crippen molar-refractivity contribution < 1.29 is 9.90 Å². The predicted molar refractivity (Wildman–Crippen MR) is 86.2 cm³/mol. The molecule has 3 rings (SSSR count). The molecule has 0 aliphatic carbocycles. The molecule has 2 aliphatic rings. The van der Waals surface area contributed by atoms with Crippen LogP contribution in [0.15, 0.2) is 18.2 Å². The van der Waals surface area contributed by atoms with Crippen molar-refractivity contribution in [2.75, 3.05) is 39.3 Å². The molecule has 0 saturated carbocycles. The Balaban J connectivity index is 1.68. The van der Waals surface area contributed by atoms with Gasteiger partial charge in [0.05, 0.1) is 5.56 Å². The number of aromatic hydroxyl groups is 1. The number of phenols is 1. The largest absolute Gasteiger partial charge is 0.507 e. The molecule has 1 atom stereocenters. The fourth-order valence-electron chi connectivity index (χ4n) is 3.42. The van der Waals surface area contributed by atoms with Gasteiger partial charge in [-0.15, -0.1) is 0 Å². The molecule has 1 unspecified atom stereocenters. The maximum Gasteiger partial charge on any atom is 0.257 e. The Morgan fingerprint density at radius 3 is 2.82 bits per heavy atom. The molecule has 120 valence electrons. The number of carbonyl (C=O) groups is 1. The monoisotopic (exact) mass is 303 g/mol. The minimum Gasteiger partial charge on any atom is -0.507 e. The molecule has 0 aromatic heterocycles. The van der Waals surface area contributed by atoms with E-state index in [1.165, 1.54) is 0 Å². The molecule has 5 heteroatoms. The lowest BCUT2D eigenvalue weighted by molar-refractivity contribution is 0.0770. The van der Waals surface area contributed by atoms with E-state index in [4.69, 9.17) is 0 Å². The SMILES string of the molecule is CCc1ccc(O)c(C(=O)N2CCC(N3CCNCC3)C2)c1. The molecule has 1 aromatic rings. The summed E-state index contributed by atoms with van der Waals surface area (Å²) in [5.41, 5.74) is 1.53. The van der Waals surface area contributed by atoms with E-state index in [2.05, 4.69) is 17.1 Å².